The Balaban J connectivity index is 1.81. The summed E-state index contributed by atoms with van der Waals surface area (Å²) < 4.78 is 1.36. The molecule has 1 amide bonds. The summed E-state index contributed by atoms with van der Waals surface area (Å²) in [6, 6.07) is 0.0295. The lowest BCUT2D eigenvalue weighted by molar-refractivity contribution is -0.120. The molecular formula is C18H22N6O3. The Morgan fingerprint density at radius 1 is 1.30 bits per heavy atom. The average Bonchev–Trinajstić information content (AvgIpc) is 3.35. The van der Waals surface area contributed by atoms with Gasteiger partial charge in [0.1, 0.15) is 11.7 Å². The number of aromatic carboxylic acids is 1. The van der Waals surface area contributed by atoms with Gasteiger partial charge in [0.05, 0.1) is 18.0 Å². The summed E-state index contributed by atoms with van der Waals surface area (Å²) in [6.07, 6.45) is 9.35. The van der Waals surface area contributed by atoms with E-state index >= 15 is 0 Å². The molecule has 2 aliphatic rings. The molecule has 1 atom stereocenters. The van der Waals surface area contributed by atoms with Crippen LogP contribution < -0.4 is 9.80 Å². The molecule has 27 heavy (non-hydrogen) atoms. The molecule has 142 valence electrons. The summed E-state index contributed by atoms with van der Waals surface area (Å²) in [5.41, 5.74) is 0.744. The summed E-state index contributed by atoms with van der Waals surface area (Å²) in [6.45, 7) is 2.01. The van der Waals surface area contributed by atoms with Crippen molar-refractivity contribution < 1.29 is 14.7 Å². The third kappa shape index (κ3) is 2.83. The molecule has 1 aliphatic heterocycles. The van der Waals surface area contributed by atoms with Gasteiger partial charge in [-0.2, -0.15) is 10.1 Å². The van der Waals surface area contributed by atoms with Crippen molar-refractivity contribution in [3.63, 3.8) is 0 Å². The van der Waals surface area contributed by atoms with E-state index in [4.69, 9.17) is 10.1 Å². The molecule has 2 aromatic rings. The Morgan fingerprint density at radius 2 is 2.04 bits per heavy atom. The fraction of sp³-hybridized carbons (Fsp3) is 0.500. The van der Waals surface area contributed by atoms with E-state index in [0.717, 1.165) is 25.7 Å². The lowest BCUT2D eigenvalue weighted by Gasteiger charge is -2.43. The Kier molecular flexibility index (Phi) is 4.29. The molecule has 0 unspecified atom stereocenters. The van der Waals surface area contributed by atoms with Crippen LogP contribution in [0.1, 0.15) is 49.4 Å². The van der Waals surface area contributed by atoms with Crippen molar-refractivity contribution in [1.82, 2.24) is 19.7 Å². The van der Waals surface area contributed by atoms with Crippen LogP contribution in [0.5, 0.6) is 0 Å². The highest BCUT2D eigenvalue weighted by Gasteiger charge is 2.41. The first-order chi connectivity index (χ1) is 13.0. The minimum absolute atomic E-state index is 0.0560. The number of likely N-dealkylation sites (N-methyl/N-ethyl adjacent to an activating group) is 1. The standard InChI is InChI=1S/C18H22N6O3/c1-3-13-16(25)22(2)14-9-19-18(23-10-11(8-20-23)17(26)27)21-15(14)24(13)12-6-4-5-7-12/h8-10,12-13H,3-7H2,1-2H3,(H,26,27)/t13-/m1/s1. The fourth-order valence-electron chi connectivity index (χ4n) is 4.03. The SMILES string of the molecule is CC[C@@H]1C(=O)N(C)c2cnc(-n3cc(C(=O)O)cn3)nc2N1C1CCCC1. The number of rotatable bonds is 4. The number of aromatic nitrogens is 4. The first kappa shape index (κ1) is 17.4. The Bertz CT molecular complexity index is 889. The van der Waals surface area contributed by atoms with Crippen molar-refractivity contribution in [2.45, 2.75) is 51.1 Å². The molecule has 4 rings (SSSR count). The van der Waals surface area contributed by atoms with Gasteiger partial charge in [0, 0.05) is 19.3 Å². The number of carbonyl (C=O) groups is 2. The van der Waals surface area contributed by atoms with Gasteiger partial charge in [-0.05, 0) is 19.3 Å². The van der Waals surface area contributed by atoms with Gasteiger partial charge in [-0.3, -0.25) is 4.79 Å². The molecule has 9 nitrogen and oxygen atoms in total. The molecule has 0 bridgehead atoms. The number of hydrogen-bond donors (Lipinski definition) is 1. The van der Waals surface area contributed by atoms with E-state index in [2.05, 4.69) is 15.0 Å². The first-order valence-electron chi connectivity index (χ1n) is 9.22. The molecular weight excluding hydrogens is 348 g/mol. The van der Waals surface area contributed by atoms with Crippen molar-refractivity contribution in [3.05, 3.63) is 24.2 Å². The van der Waals surface area contributed by atoms with Crippen molar-refractivity contribution in [3.8, 4) is 5.95 Å². The summed E-state index contributed by atoms with van der Waals surface area (Å²) in [4.78, 5) is 36.8. The number of carboxylic acid groups (broad SMARTS) is 1. The third-order valence-corrected chi connectivity index (χ3v) is 5.43. The molecule has 1 fully saturated rings. The van der Waals surface area contributed by atoms with E-state index < -0.39 is 5.97 Å². The number of nitrogens with zero attached hydrogens (tertiary/aromatic N) is 6. The minimum atomic E-state index is -1.05. The van der Waals surface area contributed by atoms with Crippen LogP contribution in [0.15, 0.2) is 18.6 Å². The average molecular weight is 370 g/mol. The van der Waals surface area contributed by atoms with Crippen LogP contribution in [0, 0.1) is 0 Å². The van der Waals surface area contributed by atoms with E-state index in [1.54, 1.807) is 18.1 Å². The number of fused-ring (bicyclic) bond motifs is 1. The predicted octanol–water partition coefficient (Wildman–Crippen LogP) is 1.86. The topological polar surface area (TPSA) is 104 Å². The Labute approximate surface area is 156 Å². The first-order valence-corrected chi connectivity index (χ1v) is 9.22. The van der Waals surface area contributed by atoms with Gasteiger partial charge in [-0.1, -0.05) is 19.8 Å². The predicted molar refractivity (Wildman–Crippen MR) is 98.3 cm³/mol. The second-order valence-electron chi connectivity index (χ2n) is 7.02. The highest BCUT2D eigenvalue weighted by molar-refractivity contribution is 6.04. The van der Waals surface area contributed by atoms with Crippen molar-refractivity contribution >= 4 is 23.4 Å². The highest BCUT2D eigenvalue weighted by atomic mass is 16.4. The summed E-state index contributed by atoms with van der Waals surface area (Å²) in [5, 5.41) is 13.2. The van der Waals surface area contributed by atoms with Gasteiger partial charge >= 0.3 is 5.97 Å². The van der Waals surface area contributed by atoms with Gasteiger partial charge in [-0.15, -0.1) is 0 Å². The minimum Gasteiger partial charge on any atom is -0.478 e. The molecule has 1 saturated carbocycles. The number of anilines is 2. The number of carboxylic acids is 1. The van der Waals surface area contributed by atoms with Crippen LogP contribution >= 0.6 is 0 Å². The van der Waals surface area contributed by atoms with Crippen molar-refractivity contribution in [1.29, 1.82) is 0 Å². The number of hydrogen-bond acceptors (Lipinski definition) is 6. The third-order valence-electron chi connectivity index (χ3n) is 5.43. The molecule has 0 radical (unpaired) electrons. The molecule has 1 N–H and O–H groups in total. The van der Waals surface area contributed by atoms with Gasteiger partial charge < -0.3 is 14.9 Å². The van der Waals surface area contributed by atoms with E-state index in [1.165, 1.54) is 17.1 Å². The Hall–Kier alpha value is -2.97. The molecule has 9 heteroatoms. The van der Waals surface area contributed by atoms with Gasteiger partial charge in [0.2, 0.25) is 5.91 Å². The van der Waals surface area contributed by atoms with Crippen LogP contribution in [-0.4, -0.2) is 55.9 Å². The number of carbonyl (C=O) groups excluding carboxylic acids is 1. The monoisotopic (exact) mass is 370 g/mol. The molecule has 1 aliphatic carbocycles. The molecule has 2 aromatic heterocycles. The quantitative estimate of drug-likeness (QED) is 0.876. The zero-order valence-electron chi connectivity index (χ0n) is 15.4. The van der Waals surface area contributed by atoms with Gasteiger partial charge in [-0.25, -0.2) is 14.5 Å². The van der Waals surface area contributed by atoms with E-state index in [0.29, 0.717) is 23.9 Å². The van der Waals surface area contributed by atoms with E-state index in [9.17, 15) is 9.59 Å². The zero-order valence-corrected chi connectivity index (χ0v) is 15.4. The van der Waals surface area contributed by atoms with Crippen molar-refractivity contribution in [2.24, 2.45) is 0 Å². The van der Waals surface area contributed by atoms with Crippen LogP contribution in [0.25, 0.3) is 5.95 Å². The molecule has 0 spiro atoms. The zero-order chi connectivity index (χ0) is 19.1. The fourth-order valence-corrected chi connectivity index (χ4v) is 4.03. The van der Waals surface area contributed by atoms with E-state index in [-0.39, 0.29) is 23.6 Å². The normalized spacial score (nSPS) is 20.2. The summed E-state index contributed by atoms with van der Waals surface area (Å²) in [7, 11) is 1.75. The van der Waals surface area contributed by atoms with Gasteiger partial charge in [0.25, 0.3) is 5.95 Å². The smallest absolute Gasteiger partial charge is 0.338 e. The lowest BCUT2D eigenvalue weighted by Crippen LogP contribution is -2.55. The van der Waals surface area contributed by atoms with E-state index in [1.807, 2.05) is 6.92 Å². The molecule has 0 saturated heterocycles. The summed E-state index contributed by atoms with van der Waals surface area (Å²) >= 11 is 0. The number of amides is 1. The maximum absolute atomic E-state index is 12.9. The second-order valence-corrected chi connectivity index (χ2v) is 7.02. The van der Waals surface area contributed by atoms with Crippen LogP contribution in [-0.2, 0) is 4.79 Å². The summed E-state index contributed by atoms with van der Waals surface area (Å²) in [5.74, 6) is 0.0127. The van der Waals surface area contributed by atoms with Crippen LogP contribution in [0.3, 0.4) is 0 Å². The van der Waals surface area contributed by atoms with Crippen LogP contribution in [0.2, 0.25) is 0 Å². The lowest BCUT2D eigenvalue weighted by atomic mass is 10.0. The maximum Gasteiger partial charge on any atom is 0.338 e. The van der Waals surface area contributed by atoms with Gasteiger partial charge in [0.15, 0.2) is 5.82 Å². The Morgan fingerprint density at radius 3 is 2.67 bits per heavy atom. The van der Waals surface area contributed by atoms with Crippen LogP contribution in [0.4, 0.5) is 11.5 Å². The maximum atomic E-state index is 12.9. The highest BCUT2D eigenvalue weighted by Crippen LogP contribution is 2.39. The largest absolute Gasteiger partial charge is 0.478 e. The second kappa shape index (κ2) is 6.64. The molecule has 0 aromatic carbocycles. The van der Waals surface area contributed by atoms with Crippen molar-refractivity contribution in [2.75, 3.05) is 16.8 Å². The molecule has 3 heterocycles.